The van der Waals surface area contributed by atoms with Crippen molar-refractivity contribution in [2.24, 2.45) is 0 Å². The molecule has 0 aliphatic heterocycles. The van der Waals surface area contributed by atoms with Crippen molar-refractivity contribution in [1.82, 2.24) is 10.2 Å². The highest BCUT2D eigenvalue weighted by Gasteiger charge is 2.31. The van der Waals surface area contributed by atoms with Gasteiger partial charge in [0.1, 0.15) is 12.6 Å². The maximum atomic E-state index is 12.4. The molecule has 0 radical (unpaired) electrons. The standard InChI is InChI=1S/C21H22N2O5/c1-13(24)22-11-19(20(25)26)23(2)21(27)28-12-18-16-9-5-3-7-14(16)15-8-4-6-10-17(15)18/h3-10,18-19H,11-12H2,1-2H3,(H,22,24)(H,25,26)/t19-/m1/s1. The lowest BCUT2D eigenvalue weighted by Crippen LogP contribution is -2.49. The number of hydrogen-bond acceptors (Lipinski definition) is 4. The summed E-state index contributed by atoms with van der Waals surface area (Å²) in [6.07, 6.45) is -0.750. The van der Waals surface area contributed by atoms with Gasteiger partial charge in [0.05, 0.1) is 0 Å². The van der Waals surface area contributed by atoms with E-state index < -0.39 is 18.1 Å². The van der Waals surface area contributed by atoms with E-state index in [0.29, 0.717) is 0 Å². The first kappa shape index (κ1) is 19.4. The van der Waals surface area contributed by atoms with Gasteiger partial charge in [-0.25, -0.2) is 9.59 Å². The fraction of sp³-hybridized carbons (Fsp3) is 0.286. The van der Waals surface area contributed by atoms with Gasteiger partial charge in [-0.2, -0.15) is 0 Å². The predicted octanol–water partition coefficient (Wildman–Crippen LogP) is 2.46. The van der Waals surface area contributed by atoms with Crippen LogP contribution < -0.4 is 5.32 Å². The molecular formula is C21H22N2O5. The van der Waals surface area contributed by atoms with E-state index in [0.717, 1.165) is 27.2 Å². The number of aliphatic carboxylic acids is 1. The summed E-state index contributed by atoms with van der Waals surface area (Å²) in [7, 11) is 1.35. The van der Waals surface area contributed by atoms with E-state index in [1.165, 1.54) is 14.0 Å². The van der Waals surface area contributed by atoms with Crippen LogP contribution in [0, 0.1) is 0 Å². The van der Waals surface area contributed by atoms with Crippen LogP contribution in [0.4, 0.5) is 4.79 Å². The van der Waals surface area contributed by atoms with Crippen LogP contribution in [0.5, 0.6) is 0 Å². The van der Waals surface area contributed by atoms with E-state index >= 15 is 0 Å². The highest BCUT2D eigenvalue weighted by Crippen LogP contribution is 2.44. The number of ether oxygens (including phenoxy) is 1. The Bertz CT molecular complexity index is 866. The molecule has 146 valence electrons. The van der Waals surface area contributed by atoms with Crippen molar-refractivity contribution in [1.29, 1.82) is 0 Å². The third-order valence-electron chi connectivity index (χ3n) is 4.92. The van der Waals surface area contributed by atoms with Crippen molar-refractivity contribution >= 4 is 18.0 Å². The topological polar surface area (TPSA) is 95.9 Å². The Labute approximate surface area is 162 Å². The molecule has 0 unspecified atom stereocenters. The van der Waals surface area contributed by atoms with E-state index in [4.69, 9.17) is 4.74 Å². The molecule has 0 fully saturated rings. The van der Waals surface area contributed by atoms with Gasteiger partial charge in [-0.1, -0.05) is 48.5 Å². The lowest BCUT2D eigenvalue weighted by Gasteiger charge is -2.25. The average Bonchev–Trinajstić information content (AvgIpc) is 2.99. The average molecular weight is 382 g/mol. The highest BCUT2D eigenvalue weighted by molar-refractivity contribution is 5.82. The highest BCUT2D eigenvalue weighted by atomic mass is 16.6. The molecule has 1 atom stereocenters. The summed E-state index contributed by atoms with van der Waals surface area (Å²) in [5.74, 6) is -1.69. The van der Waals surface area contributed by atoms with Crippen molar-refractivity contribution in [2.75, 3.05) is 20.2 Å². The molecule has 28 heavy (non-hydrogen) atoms. The van der Waals surface area contributed by atoms with E-state index in [2.05, 4.69) is 5.32 Å². The number of benzene rings is 2. The Morgan fingerprint density at radius 1 is 1.07 bits per heavy atom. The minimum Gasteiger partial charge on any atom is -0.480 e. The second kappa shape index (κ2) is 8.12. The molecule has 0 saturated heterocycles. The second-order valence-corrected chi connectivity index (χ2v) is 6.71. The number of carbonyl (C=O) groups is 3. The number of carboxylic acid groups (broad SMARTS) is 1. The molecule has 2 amide bonds. The van der Waals surface area contributed by atoms with Gasteiger partial charge in [-0.15, -0.1) is 0 Å². The molecule has 0 saturated carbocycles. The maximum absolute atomic E-state index is 12.4. The zero-order valence-corrected chi connectivity index (χ0v) is 15.7. The van der Waals surface area contributed by atoms with Gasteiger partial charge in [0, 0.05) is 26.4 Å². The van der Waals surface area contributed by atoms with Gasteiger partial charge in [-0.05, 0) is 22.3 Å². The largest absolute Gasteiger partial charge is 0.480 e. The van der Waals surface area contributed by atoms with Gasteiger partial charge < -0.3 is 15.2 Å². The number of likely N-dealkylation sites (N-methyl/N-ethyl adjacent to an activating group) is 1. The lowest BCUT2D eigenvalue weighted by atomic mass is 9.98. The SMILES string of the molecule is CC(=O)NC[C@H](C(=O)O)N(C)C(=O)OCC1c2ccccc2-c2ccccc21. The molecule has 0 bridgehead atoms. The number of carboxylic acids is 1. The number of hydrogen-bond donors (Lipinski definition) is 2. The maximum Gasteiger partial charge on any atom is 0.410 e. The first-order valence-corrected chi connectivity index (χ1v) is 8.95. The third kappa shape index (κ3) is 3.83. The van der Waals surface area contributed by atoms with Crippen LogP contribution in [-0.2, 0) is 14.3 Å². The summed E-state index contributed by atoms with van der Waals surface area (Å²) in [5, 5.41) is 11.8. The summed E-state index contributed by atoms with van der Waals surface area (Å²) in [6, 6.07) is 14.7. The monoisotopic (exact) mass is 382 g/mol. The molecular weight excluding hydrogens is 360 g/mol. The molecule has 1 aliphatic carbocycles. The normalized spacial score (nSPS) is 13.2. The lowest BCUT2D eigenvalue weighted by molar-refractivity contribution is -0.142. The van der Waals surface area contributed by atoms with Gasteiger partial charge in [0.15, 0.2) is 0 Å². The fourth-order valence-corrected chi connectivity index (χ4v) is 3.45. The van der Waals surface area contributed by atoms with Crippen LogP contribution in [0.15, 0.2) is 48.5 Å². The van der Waals surface area contributed by atoms with E-state index in [1.54, 1.807) is 0 Å². The zero-order valence-electron chi connectivity index (χ0n) is 15.7. The van der Waals surface area contributed by atoms with Crippen molar-refractivity contribution in [3.63, 3.8) is 0 Å². The molecule has 3 rings (SSSR count). The minimum atomic E-state index is -1.22. The zero-order chi connectivity index (χ0) is 20.3. The van der Waals surface area contributed by atoms with Crippen LogP contribution in [0.2, 0.25) is 0 Å². The Morgan fingerprint density at radius 2 is 1.61 bits per heavy atom. The van der Waals surface area contributed by atoms with Crippen molar-refractivity contribution < 1.29 is 24.2 Å². The first-order valence-electron chi connectivity index (χ1n) is 8.95. The quantitative estimate of drug-likeness (QED) is 0.800. The van der Waals surface area contributed by atoms with Crippen LogP contribution in [0.25, 0.3) is 11.1 Å². The predicted molar refractivity (Wildman–Crippen MR) is 103 cm³/mol. The Morgan fingerprint density at radius 3 is 2.11 bits per heavy atom. The smallest absolute Gasteiger partial charge is 0.410 e. The number of nitrogens with one attached hydrogen (secondary N) is 1. The van der Waals surface area contributed by atoms with Gasteiger partial charge in [-0.3, -0.25) is 9.69 Å². The number of amides is 2. The van der Waals surface area contributed by atoms with Crippen molar-refractivity contribution in [3.8, 4) is 11.1 Å². The summed E-state index contributed by atoms with van der Waals surface area (Å²) in [6.45, 7) is 1.20. The number of fused-ring (bicyclic) bond motifs is 3. The molecule has 0 spiro atoms. The number of nitrogens with zero attached hydrogens (tertiary/aromatic N) is 1. The first-order chi connectivity index (χ1) is 13.4. The molecule has 2 aromatic rings. The van der Waals surface area contributed by atoms with E-state index in [1.807, 2.05) is 48.5 Å². The molecule has 0 heterocycles. The van der Waals surface area contributed by atoms with E-state index in [-0.39, 0.29) is 25.0 Å². The van der Waals surface area contributed by atoms with E-state index in [9.17, 15) is 19.5 Å². The van der Waals surface area contributed by atoms with Gasteiger partial charge >= 0.3 is 12.1 Å². The third-order valence-corrected chi connectivity index (χ3v) is 4.92. The van der Waals surface area contributed by atoms with Gasteiger partial charge in [0.2, 0.25) is 5.91 Å². The number of rotatable bonds is 6. The van der Waals surface area contributed by atoms with Gasteiger partial charge in [0.25, 0.3) is 0 Å². The summed E-state index contributed by atoms with van der Waals surface area (Å²) in [5.41, 5.74) is 4.38. The van der Waals surface area contributed by atoms with Crippen LogP contribution in [-0.4, -0.2) is 54.2 Å². The molecule has 7 nitrogen and oxygen atoms in total. The number of carbonyl (C=O) groups excluding carboxylic acids is 2. The molecule has 0 aromatic heterocycles. The van der Waals surface area contributed by atoms with Crippen molar-refractivity contribution in [3.05, 3.63) is 59.7 Å². The molecule has 2 N–H and O–H groups in total. The van der Waals surface area contributed by atoms with Crippen LogP contribution >= 0.6 is 0 Å². The Kier molecular flexibility index (Phi) is 5.63. The Balaban J connectivity index is 1.72. The molecule has 7 heteroatoms. The summed E-state index contributed by atoms with van der Waals surface area (Å²) >= 11 is 0. The second-order valence-electron chi connectivity index (χ2n) is 6.71. The summed E-state index contributed by atoms with van der Waals surface area (Å²) < 4.78 is 5.45. The summed E-state index contributed by atoms with van der Waals surface area (Å²) in [4.78, 5) is 35.9. The molecule has 2 aromatic carbocycles. The minimum absolute atomic E-state index is 0.101. The van der Waals surface area contributed by atoms with Crippen LogP contribution in [0.1, 0.15) is 24.0 Å². The fourth-order valence-electron chi connectivity index (χ4n) is 3.45. The Hall–Kier alpha value is -3.35. The van der Waals surface area contributed by atoms with Crippen LogP contribution in [0.3, 0.4) is 0 Å². The molecule has 1 aliphatic rings. The van der Waals surface area contributed by atoms with Crippen molar-refractivity contribution in [2.45, 2.75) is 18.9 Å².